The van der Waals surface area contributed by atoms with E-state index in [1.165, 1.54) is 0 Å². The second kappa shape index (κ2) is 5.35. The standard InChI is InChI=1S/C11H16ClNO/c1-8(13)11(5-6-14)9-3-2-4-10(12)7-9/h2-4,7-8,11,14H,5-6,13H2,1H3. The predicted molar refractivity (Wildman–Crippen MR) is 59.5 cm³/mol. The summed E-state index contributed by atoms with van der Waals surface area (Å²) in [6, 6.07) is 7.67. The van der Waals surface area contributed by atoms with E-state index in [2.05, 4.69) is 0 Å². The van der Waals surface area contributed by atoms with Crippen LogP contribution in [-0.4, -0.2) is 17.8 Å². The Morgan fingerprint density at radius 2 is 2.21 bits per heavy atom. The Hall–Kier alpha value is -0.570. The minimum Gasteiger partial charge on any atom is -0.396 e. The van der Waals surface area contributed by atoms with Crippen molar-refractivity contribution in [2.45, 2.75) is 25.3 Å². The van der Waals surface area contributed by atoms with Gasteiger partial charge >= 0.3 is 0 Å². The van der Waals surface area contributed by atoms with Crippen LogP contribution < -0.4 is 5.73 Å². The summed E-state index contributed by atoms with van der Waals surface area (Å²) < 4.78 is 0. The van der Waals surface area contributed by atoms with Gasteiger partial charge in [-0.2, -0.15) is 0 Å². The maximum atomic E-state index is 8.93. The van der Waals surface area contributed by atoms with Crippen LogP contribution in [0.4, 0.5) is 0 Å². The number of hydrogen-bond acceptors (Lipinski definition) is 2. The molecule has 1 aromatic carbocycles. The third kappa shape index (κ3) is 2.98. The average molecular weight is 214 g/mol. The lowest BCUT2D eigenvalue weighted by Gasteiger charge is -2.20. The van der Waals surface area contributed by atoms with Crippen LogP contribution >= 0.6 is 11.6 Å². The zero-order chi connectivity index (χ0) is 10.6. The Labute approximate surface area is 89.7 Å². The van der Waals surface area contributed by atoms with E-state index in [1.54, 1.807) is 0 Å². The maximum absolute atomic E-state index is 8.93. The molecule has 0 aliphatic rings. The number of nitrogens with two attached hydrogens (primary N) is 1. The van der Waals surface area contributed by atoms with Crippen molar-refractivity contribution in [2.24, 2.45) is 5.73 Å². The number of aliphatic hydroxyl groups is 1. The summed E-state index contributed by atoms with van der Waals surface area (Å²) >= 11 is 5.89. The molecule has 0 aromatic heterocycles. The van der Waals surface area contributed by atoms with E-state index in [0.29, 0.717) is 11.4 Å². The van der Waals surface area contributed by atoms with E-state index >= 15 is 0 Å². The van der Waals surface area contributed by atoms with Gasteiger partial charge in [0.05, 0.1) is 0 Å². The van der Waals surface area contributed by atoms with Crippen LogP contribution in [0, 0.1) is 0 Å². The molecule has 0 saturated heterocycles. The first-order valence-corrected chi connectivity index (χ1v) is 5.15. The van der Waals surface area contributed by atoms with Crippen molar-refractivity contribution in [3.63, 3.8) is 0 Å². The van der Waals surface area contributed by atoms with Crippen LogP contribution in [-0.2, 0) is 0 Å². The molecule has 1 rings (SSSR count). The summed E-state index contributed by atoms with van der Waals surface area (Å²) in [5.41, 5.74) is 6.95. The van der Waals surface area contributed by atoms with Crippen molar-refractivity contribution in [3.8, 4) is 0 Å². The summed E-state index contributed by atoms with van der Waals surface area (Å²) in [6.45, 7) is 2.10. The zero-order valence-corrected chi connectivity index (χ0v) is 9.04. The van der Waals surface area contributed by atoms with Gasteiger partial charge in [0, 0.05) is 23.6 Å². The van der Waals surface area contributed by atoms with Crippen molar-refractivity contribution in [2.75, 3.05) is 6.61 Å². The first-order chi connectivity index (χ1) is 6.65. The second-order valence-electron chi connectivity index (χ2n) is 3.53. The largest absolute Gasteiger partial charge is 0.396 e. The highest BCUT2D eigenvalue weighted by atomic mass is 35.5. The summed E-state index contributed by atoms with van der Waals surface area (Å²) in [5.74, 6) is 0.179. The first kappa shape index (κ1) is 11.5. The molecule has 14 heavy (non-hydrogen) atoms. The van der Waals surface area contributed by atoms with Gasteiger partial charge in [-0.05, 0) is 31.0 Å². The Morgan fingerprint density at radius 1 is 1.50 bits per heavy atom. The topological polar surface area (TPSA) is 46.2 Å². The normalized spacial score (nSPS) is 15.1. The van der Waals surface area contributed by atoms with Crippen LogP contribution in [0.2, 0.25) is 5.02 Å². The molecule has 0 amide bonds. The van der Waals surface area contributed by atoms with Gasteiger partial charge in [-0.3, -0.25) is 0 Å². The molecule has 2 atom stereocenters. The van der Waals surface area contributed by atoms with Gasteiger partial charge in [0.2, 0.25) is 0 Å². The van der Waals surface area contributed by atoms with Crippen LogP contribution in [0.25, 0.3) is 0 Å². The number of hydrogen-bond donors (Lipinski definition) is 2. The predicted octanol–water partition coefficient (Wildman–Crippen LogP) is 2.15. The molecule has 3 heteroatoms. The number of aliphatic hydroxyl groups excluding tert-OH is 1. The molecule has 0 aliphatic heterocycles. The Balaban J connectivity index is 2.87. The fraction of sp³-hybridized carbons (Fsp3) is 0.455. The van der Waals surface area contributed by atoms with E-state index in [4.69, 9.17) is 22.4 Å². The summed E-state index contributed by atoms with van der Waals surface area (Å²) in [6.07, 6.45) is 0.679. The number of rotatable bonds is 4. The molecular weight excluding hydrogens is 198 g/mol. The molecule has 0 aliphatic carbocycles. The molecule has 78 valence electrons. The van der Waals surface area contributed by atoms with Gasteiger partial charge in [0.25, 0.3) is 0 Å². The van der Waals surface area contributed by atoms with Crippen molar-refractivity contribution in [1.29, 1.82) is 0 Å². The molecule has 3 N–H and O–H groups in total. The Bertz CT molecular complexity index is 288. The lowest BCUT2D eigenvalue weighted by atomic mass is 9.90. The van der Waals surface area contributed by atoms with Crippen LogP contribution in [0.15, 0.2) is 24.3 Å². The van der Waals surface area contributed by atoms with Gasteiger partial charge in [-0.15, -0.1) is 0 Å². The second-order valence-corrected chi connectivity index (χ2v) is 3.97. The summed E-state index contributed by atoms with van der Waals surface area (Å²) in [5, 5.41) is 9.64. The lowest BCUT2D eigenvalue weighted by Crippen LogP contribution is -2.25. The van der Waals surface area contributed by atoms with E-state index in [-0.39, 0.29) is 18.6 Å². The molecule has 0 spiro atoms. The Morgan fingerprint density at radius 3 is 2.71 bits per heavy atom. The van der Waals surface area contributed by atoms with Gasteiger partial charge in [0.15, 0.2) is 0 Å². The quantitative estimate of drug-likeness (QED) is 0.805. The molecule has 0 heterocycles. The SMILES string of the molecule is CC(N)C(CCO)c1cccc(Cl)c1. The van der Waals surface area contributed by atoms with Crippen LogP contribution in [0.1, 0.15) is 24.8 Å². The molecule has 2 unspecified atom stereocenters. The first-order valence-electron chi connectivity index (χ1n) is 4.77. The lowest BCUT2D eigenvalue weighted by molar-refractivity contribution is 0.269. The van der Waals surface area contributed by atoms with Crippen LogP contribution in [0.3, 0.4) is 0 Å². The third-order valence-corrected chi connectivity index (χ3v) is 2.59. The highest BCUT2D eigenvalue weighted by Crippen LogP contribution is 2.24. The maximum Gasteiger partial charge on any atom is 0.0437 e. The van der Waals surface area contributed by atoms with Crippen molar-refractivity contribution >= 4 is 11.6 Å². The molecule has 0 radical (unpaired) electrons. The fourth-order valence-corrected chi connectivity index (χ4v) is 1.81. The van der Waals surface area contributed by atoms with Gasteiger partial charge in [-0.25, -0.2) is 0 Å². The Kier molecular flexibility index (Phi) is 4.39. The summed E-state index contributed by atoms with van der Waals surface area (Å²) in [4.78, 5) is 0. The molecule has 1 aromatic rings. The van der Waals surface area contributed by atoms with Crippen molar-refractivity contribution < 1.29 is 5.11 Å². The molecule has 0 fully saturated rings. The van der Waals surface area contributed by atoms with E-state index in [1.807, 2.05) is 31.2 Å². The van der Waals surface area contributed by atoms with Crippen LogP contribution in [0.5, 0.6) is 0 Å². The van der Waals surface area contributed by atoms with Gasteiger partial charge in [0.1, 0.15) is 0 Å². The minimum atomic E-state index is 0.0283. The number of halogens is 1. The third-order valence-electron chi connectivity index (χ3n) is 2.35. The van der Waals surface area contributed by atoms with Gasteiger partial charge in [-0.1, -0.05) is 23.7 Å². The zero-order valence-electron chi connectivity index (χ0n) is 8.28. The smallest absolute Gasteiger partial charge is 0.0437 e. The molecule has 2 nitrogen and oxygen atoms in total. The monoisotopic (exact) mass is 213 g/mol. The van der Waals surface area contributed by atoms with Crippen molar-refractivity contribution in [1.82, 2.24) is 0 Å². The van der Waals surface area contributed by atoms with E-state index < -0.39 is 0 Å². The molecular formula is C11H16ClNO. The minimum absolute atomic E-state index is 0.0283. The van der Waals surface area contributed by atoms with Gasteiger partial charge < -0.3 is 10.8 Å². The van der Waals surface area contributed by atoms with E-state index in [0.717, 1.165) is 5.56 Å². The number of benzene rings is 1. The average Bonchev–Trinajstić information content (AvgIpc) is 2.13. The van der Waals surface area contributed by atoms with E-state index in [9.17, 15) is 0 Å². The fourth-order valence-electron chi connectivity index (χ4n) is 1.61. The highest BCUT2D eigenvalue weighted by molar-refractivity contribution is 6.30. The molecule has 0 saturated carbocycles. The molecule has 0 bridgehead atoms. The highest BCUT2D eigenvalue weighted by Gasteiger charge is 2.15. The van der Waals surface area contributed by atoms with Crippen molar-refractivity contribution in [3.05, 3.63) is 34.9 Å². The summed E-state index contributed by atoms with van der Waals surface area (Å²) in [7, 11) is 0.